The Morgan fingerprint density at radius 2 is 1.93 bits per heavy atom. The summed E-state index contributed by atoms with van der Waals surface area (Å²) in [7, 11) is 0. The molecule has 0 saturated carbocycles. The van der Waals surface area contributed by atoms with Gasteiger partial charge in [-0.15, -0.1) is 11.3 Å². The second-order valence-electron chi connectivity index (χ2n) is 6.99. The first-order valence-electron chi connectivity index (χ1n) is 9.48. The number of rotatable bonds is 5. The van der Waals surface area contributed by atoms with Crippen LogP contribution < -0.4 is 10.1 Å². The molecule has 5 nitrogen and oxygen atoms in total. The van der Waals surface area contributed by atoms with E-state index >= 15 is 0 Å². The zero-order valence-corrected chi connectivity index (χ0v) is 17.0. The van der Waals surface area contributed by atoms with Gasteiger partial charge in [-0.25, -0.2) is 4.79 Å². The molecule has 2 aromatic carbocycles. The molecule has 0 spiro atoms. The molecule has 0 fully saturated rings. The van der Waals surface area contributed by atoms with Crippen LogP contribution in [0.3, 0.4) is 0 Å². The van der Waals surface area contributed by atoms with Gasteiger partial charge in [-0.2, -0.15) is 0 Å². The fraction of sp³-hybridized carbons (Fsp3) is 0.217. The molecule has 1 amide bonds. The molecule has 2 heterocycles. The van der Waals surface area contributed by atoms with Gasteiger partial charge in [0.1, 0.15) is 10.6 Å². The van der Waals surface area contributed by atoms with Crippen LogP contribution in [0, 0.1) is 6.92 Å². The summed E-state index contributed by atoms with van der Waals surface area (Å²) in [6.07, 6.45) is 0.254. The van der Waals surface area contributed by atoms with Gasteiger partial charge in [-0.1, -0.05) is 48.0 Å². The number of carbonyl (C=O) groups is 2. The normalized spacial score (nSPS) is 15.5. The highest BCUT2D eigenvalue weighted by atomic mass is 32.1. The first kappa shape index (κ1) is 19.2. The lowest BCUT2D eigenvalue weighted by Gasteiger charge is -2.25. The maximum Gasteiger partial charge on any atom is 0.346 e. The lowest BCUT2D eigenvalue weighted by molar-refractivity contribution is -0.116. The molecule has 1 aliphatic rings. The number of carbonyl (C=O) groups excluding carboxylic acids is 1. The minimum atomic E-state index is -0.994. The van der Waals surface area contributed by atoms with Gasteiger partial charge in [0, 0.05) is 28.3 Å². The minimum Gasteiger partial charge on any atom is -0.494 e. The van der Waals surface area contributed by atoms with Crippen LogP contribution in [0.4, 0.5) is 5.69 Å². The predicted octanol–water partition coefficient (Wildman–Crippen LogP) is 5.29. The smallest absolute Gasteiger partial charge is 0.346 e. The molecule has 0 saturated heterocycles. The van der Waals surface area contributed by atoms with Gasteiger partial charge < -0.3 is 15.2 Å². The summed E-state index contributed by atoms with van der Waals surface area (Å²) >= 11 is 1.23. The molecular weight excluding hydrogens is 386 g/mol. The van der Waals surface area contributed by atoms with Crippen LogP contribution in [0.5, 0.6) is 5.75 Å². The van der Waals surface area contributed by atoms with Gasteiger partial charge in [0.2, 0.25) is 5.91 Å². The topological polar surface area (TPSA) is 75.6 Å². The van der Waals surface area contributed by atoms with E-state index in [1.54, 1.807) is 0 Å². The molecule has 6 heteroatoms. The molecule has 1 aliphatic heterocycles. The Morgan fingerprint density at radius 3 is 2.62 bits per heavy atom. The van der Waals surface area contributed by atoms with Crippen molar-refractivity contribution in [3.63, 3.8) is 0 Å². The number of benzene rings is 2. The number of carboxylic acid groups (broad SMARTS) is 1. The Labute approximate surface area is 173 Å². The average Bonchev–Trinajstić information content (AvgIpc) is 3.08. The van der Waals surface area contributed by atoms with Crippen LogP contribution in [0.1, 0.15) is 44.9 Å². The van der Waals surface area contributed by atoms with Crippen molar-refractivity contribution in [2.75, 3.05) is 11.9 Å². The molecule has 2 N–H and O–H groups in total. The van der Waals surface area contributed by atoms with Crippen molar-refractivity contribution in [1.82, 2.24) is 0 Å². The Hall–Kier alpha value is -3.12. The second-order valence-corrected chi connectivity index (χ2v) is 8.04. The number of fused-ring (bicyclic) bond motifs is 1. The number of hydrogen-bond acceptors (Lipinski definition) is 4. The Bertz CT molecular complexity index is 1080. The highest BCUT2D eigenvalue weighted by molar-refractivity contribution is 7.15. The Balaban J connectivity index is 1.92. The highest BCUT2D eigenvalue weighted by Gasteiger charge is 2.35. The van der Waals surface area contributed by atoms with Gasteiger partial charge in [0.25, 0.3) is 0 Å². The standard InChI is InChI=1S/C23H21NO4S/c1-3-28-17-7-5-4-6-15(17)16-12-18(25)24-20-19(14-10-8-13(2)9-11-14)22(23(26)27)29-21(16)20/h4-11,16H,3,12H2,1-2H3,(H,24,25)(H,26,27)/t16-/m0/s1. The SMILES string of the molecule is CCOc1ccccc1[C@@H]1CC(=O)Nc2c1sc(C(=O)O)c2-c1ccc(C)cc1. The number of thiophene rings is 1. The van der Waals surface area contributed by atoms with Crippen molar-refractivity contribution in [3.8, 4) is 16.9 Å². The minimum absolute atomic E-state index is 0.128. The number of anilines is 1. The lowest BCUT2D eigenvalue weighted by atomic mass is 9.88. The Morgan fingerprint density at radius 1 is 1.21 bits per heavy atom. The number of aryl methyl sites for hydroxylation is 1. The van der Waals surface area contributed by atoms with E-state index in [-0.39, 0.29) is 23.1 Å². The molecule has 1 atom stereocenters. The summed E-state index contributed by atoms with van der Waals surface area (Å²) in [5.41, 5.74) is 3.94. The van der Waals surface area contributed by atoms with Crippen LogP contribution >= 0.6 is 11.3 Å². The summed E-state index contributed by atoms with van der Waals surface area (Å²) in [5.74, 6) is -0.644. The number of amides is 1. The largest absolute Gasteiger partial charge is 0.494 e. The zero-order chi connectivity index (χ0) is 20.5. The third-order valence-electron chi connectivity index (χ3n) is 5.03. The quantitative estimate of drug-likeness (QED) is 0.602. The molecule has 148 valence electrons. The van der Waals surface area contributed by atoms with Crippen LogP contribution in [0.25, 0.3) is 11.1 Å². The summed E-state index contributed by atoms with van der Waals surface area (Å²) in [6, 6.07) is 15.3. The van der Waals surface area contributed by atoms with Crippen molar-refractivity contribution in [2.24, 2.45) is 0 Å². The van der Waals surface area contributed by atoms with E-state index in [1.807, 2.05) is 62.4 Å². The van der Waals surface area contributed by atoms with Crippen LogP contribution in [-0.2, 0) is 4.79 Å². The van der Waals surface area contributed by atoms with Gasteiger partial charge in [-0.05, 0) is 25.5 Å². The number of aromatic carboxylic acids is 1. The molecule has 0 unspecified atom stereocenters. The van der Waals surface area contributed by atoms with Crippen molar-refractivity contribution in [3.05, 3.63) is 69.4 Å². The lowest BCUT2D eigenvalue weighted by Crippen LogP contribution is -2.22. The highest BCUT2D eigenvalue weighted by Crippen LogP contribution is 2.50. The monoisotopic (exact) mass is 407 g/mol. The molecule has 0 aliphatic carbocycles. The van der Waals surface area contributed by atoms with E-state index in [0.29, 0.717) is 17.9 Å². The number of ether oxygens (including phenoxy) is 1. The number of carboxylic acids is 1. The van der Waals surface area contributed by atoms with Crippen LogP contribution in [0.15, 0.2) is 48.5 Å². The summed E-state index contributed by atoms with van der Waals surface area (Å²) in [5, 5.41) is 12.8. The molecule has 0 radical (unpaired) electrons. The van der Waals surface area contributed by atoms with E-state index in [1.165, 1.54) is 11.3 Å². The second kappa shape index (κ2) is 7.72. The summed E-state index contributed by atoms with van der Waals surface area (Å²) in [4.78, 5) is 25.7. The third-order valence-corrected chi connectivity index (χ3v) is 6.33. The van der Waals surface area contributed by atoms with E-state index in [4.69, 9.17) is 4.74 Å². The first-order valence-corrected chi connectivity index (χ1v) is 10.3. The molecule has 29 heavy (non-hydrogen) atoms. The predicted molar refractivity (Wildman–Crippen MR) is 114 cm³/mol. The molecule has 4 rings (SSSR count). The number of para-hydroxylation sites is 1. The average molecular weight is 407 g/mol. The number of nitrogens with one attached hydrogen (secondary N) is 1. The maximum absolute atomic E-state index is 12.6. The molecule has 3 aromatic rings. The summed E-state index contributed by atoms with van der Waals surface area (Å²) < 4.78 is 5.78. The molecule has 1 aromatic heterocycles. The maximum atomic E-state index is 12.6. The zero-order valence-electron chi connectivity index (χ0n) is 16.2. The third kappa shape index (κ3) is 3.51. The van der Waals surface area contributed by atoms with Gasteiger partial charge >= 0.3 is 5.97 Å². The molecule has 0 bridgehead atoms. The van der Waals surface area contributed by atoms with Crippen LogP contribution in [0.2, 0.25) is 0 Å². The van der Waals surface area contributed by atoms with Crippen molar-refractivity contribution in [1.29, 1.82) is 0 Å². The molecular formula is C23H21NO4S. The van der Waals surface area contributed by atoms with Gasteiger partial charge in [-0.3, -0.25) is 4.79 Å². The Kier molecular flexibility index (Phi) is 5.11. The van der Waals surface area contributed by atoms with Crippen molar-refractivity contribution in [2.45, 2.75) is 26.2 Å². The summed E-state index contributed by atoms with van der Waals surface area (Å²) in [6.45, 7) is 4.41. The van der Waals surface area contributed by atoms with Crippen LogP contribution in [-0.4, -0.2) is 23.6 Å². The van der Waals surface area contributed by atoms with E-state index in [9.17, 15) is 14.7 Å². The van der Waals surface area contributed by atoms with E-state index < -0.39 is 5.97 Å². The van der Waals surface area contributed by atoms with Crippen molar-refractivity contribution >= 4 is 28.9 Å². The number of hydrogen-bond donors (Lipinski definition) is 2. The van der Waals surface area contributed by atoms with E-state index in [2.05, 4.69) is 5.32 Å². The van der Waals surface area contributed by atoms with Crippen molar-refractivity contribution < 1.29 is 19.4 Å². The fourth-order valence-corrected chi connectivity index (χ4v) is 4.98. The van der Waals surface area contributed by atoms with Gasteiger partial charge in [0.05, 0.1) is 12.3 Å². The van der Waals surface area contributed by atoms with Gasteiger partial charge in [0.15, 0.2) is 0 Å². The fourth-order valence-electron chi connectivity index (χ4n) is 3.74. The van der Waals surface area contributed by atoms with E-state index in [0.717, 1.165) is 27.3 Å². The first-order chi connectivity index (χ1) is 14.0.